The van der Waals surface area contributed by atoms with E-state index in [1.807, 2.05) is 84.9 Å². The van der Waals surface area contributed by atoms with Crippen molar-refractivity contribution in [3.8, 4) is 11.1 Å². The summed E-state index contributed by atoms with van der Waals surface area (Å²) in [6.07, 6.45) is -2.52. The van der Waals surface area contributed by atoms with Crippen molar-refractivity contribution in [3.05, 3.63) is 96.1 Å². The Morgan fingerprint density at radius 3 is 2.16 bits per heavy atom. The van der Waals surface area contributed by atoms with Crippen LogP contribution in [0.1, 0.15) is 11.1 Å². The van der Waals surface area contributed by atoms with Gasteiger partial charge in [-0.2, -0.15) is 0 Å². The minimum Gasteiger partial charge on any atom is -0.479 e. The molecule has 0 aromatic heterocycles. The molecule has 5 rings (SSSR count). The van der Waals surface area contributed by atoms with E-state index in [4.69, 9.17) is 9.47 Å². The lowest BCUT2D eigenvalue weighted by molar-refractivity contribution is -0.219. The first-order chi connectivity index (χ1) is 15.1. The van der Waals surface area contributed by atoms with Crippen LogP contribution in [0.15, 0.2) is 84.9 Å². The Balaban J connectivity index is 1.48. The van der Waals surface area contributed by atoms with Gasteiger partial charge < -0.3 is 19.5 Å². The van der Waals surface area contributed by atoms with E-state index in [1.54, 1.807) is 4.90 Å². The summed E-state index contributed by atoms with van der Waals surface area (Å²) in [4.78, 5) is 26.4. The van der Waals surface area contributed by atoms with Crippen molar-refractivity contribution in [1.29, 1.82) is 0 Å². The molecule has 3 atom stereocenters. The lowest BCUT2D eigenvalue weighted by atomic mass is 9.98. The van der Waals surface area contributed by atoms with Crippen molar-refractivity contribution in [2.24, 2.45) is 0 Å². The van der Waals surface area contributed by atoms with Gasteiger partial charge in [-0.1, -0.05) is 84.9 Å². The van der Waals surface area contributed by atoms with E-state index in [0.717, 1.165) is 16.7 Å². The van der Waals surface area contributed by atoms with Crippen LogP contribution in [0.3, 0.4) is 0 Å². The van der Waals surface area contributed by atoms with Crippen LogP contribution in [0.5, 0.6) is 0 Å². The molecular formula is C25H21NO5. The number of benzene rings is 3. The average molecular weight is 415 g/mol. The number of morpholine rings is 1. The largest absolute Gasteiger partial charge is 0.479 e. The normalized spacial score (nSPS) is 24.9. The summed E-state index contributed by atoms with van der Waals surface area (Å²) in [5.74, 6) is -2.89. The average Bonchev–Trinajstić information content (AvgIpc) is 3.15. The van der Waals surface area contributed by atoms with Gasteiger partial charge >= 0.3 is 5.97 Å². The summed E-state index contributed by atoms with van der Waals surface area (Å²) in [5, 5.41) is 9.63. The van der Waals surface area contributed by atoms with Crippen molar-refractivity contribution < 1.29 is 24.2 Å². The molecule has 2 saturated heterocycles. The molecule has 0 saturated carbocycles. The van der Waals surface area contributed by atoms with E-state index in [2.05, 4.69) is 0 Å². The number of rotatable bonds is 5. The lowest BCUT2D eigenvalue weighted by Crippen LogP contribution is -2.53. The highest BCUT2D eigenvalue weighted by Gasteiger charge is 2.60. The number of carbonyl (C=O) groups excluding carboxylic acids is 1. The van der Waals surface area contributed by atoms with E-state index in [9.17, 15) is 14.7 Å². The summed E-state index contributed by atoms with van der Waals surface area (Å²) in [5.41, 5.74) is 3.74. The zero-order chi connectivity index (χ0) is 21.4. The van der Waals surface area contributed by atoms with Crippen LogP contribution < -0.4 is 0 Å². The Morgan fingerprint density at radius 1 is 0.903 bits per heavy atom. The predicted octanol–water partition coefficient (Wildman–Crippen LogP) is 3.42. The first-order valence-corrected chi connectivity index (χ1v) is 10.1. The molecule has 3 unspecified atom stereocenters. The van der Waals surface area contributed by atoms with Crippen molar-refractivity contribution in [2.75, 3.05) is 6.54 Å². The third kappa shape index (κ3) is 3.50. The third-order valence-electron chi connectivity index (χ3n) is 5.76. The summed E-state index contributed by atoms with van der Waals surface area (Å²) in [6, 6.07) is 27.2. The Morgan fingerprint density at radius 2 is 1.52 bits per heavy atom. The maximum Gasteiger partial charge on any atom is 0.336 e. The zero-order valence-corrected chi connectivity index (χ0v) is 16.7. The first kappa shape index (κ1) is 19.5. The molecule has 6 nitrogen and oxygen atoms in total. The molecule has 1 amide bonds. The molecule has 6 heteroatoms. The van der Waals surface area contributed by atoms with Crippen LogP contribution in [0.4, 0.5) is 0 Å². The summed E-state index contributed by atoms with van der Waals surface area (Å²) >= 11 is 0. The van der Waals surface area contributed by atoms with E-state index in [1.165, 1.54) is 0 Å². The monoisotopic (exact) mass is 415 g/mol. The number of amides is 1. The van der Waals surface area contributed by atoms with Gasteiger partial charge in [-0.3, -0.25) is 4.79 Å². The van der Waals surface area contributed by atoms with Crippen molar-refractivity contribution in [2.45, 2.75) is 24.5 Å². The number of hydrogen-bond acceptors (Lipinski definition) is 4. The van der Waals surface area contributed by atoms with Crippen LogP contribution in [0, 0.1) is 0 Å². The topological polar surface area (TPSA) is 76.1 Å². The number of hydrogen-bond donors (Lipinski definition) is 1. The second kappa shape index (κ2) is 7.65. The first-order valence-electron chi connectivity index (χ1n) is 10.1. The van der Waals surface area contributed by atoms with Crippen LogP contribution >= 0.6 is 0 Å². The van der Waals surface area contributed by atoms with Gasteiger partial charge in [-0.05, 0) is 16.7 Å². The molecule has 156 valence electrons. The number of nitrogens with zero attached hydrogens (tertiary/aromatic N) is 1. The molecule has 31 heavy (non-hydrogen) atoms. The Bertz CT molecular complexity index is 1100. The zero-order valence-electron chi connectivity index (χ0n) is 16.7. The quantitative estimate of drug-likeness (QED) is 0.691. The molecule has 2 heterocycles. The maximum absolute atomic E-state index is 13.0. The molecule has 0 spiro atoms. The summed E-state index contributed by atoms with van der Waals surface area (Å²) in [7, 11) is 0. The SMILES string of the molecule is O=C(O)C1OC2(c3ccc(-c4ccccc4)cc3)CN(Cc3ccccc3)C(=O)C1O2. The van der Waals surface area contributed by atoms with Gasteiger partial charge in [0, 0.05) is 12.1 Å². The predicted molar refractivity (Wildman–Crippen MR) is 113 cm³/mol. The van der Waals surface area contributed by atoms with Crippen molar-refractivity contribution >= 4 is 11.9 Å². The van der Waals surface area contributed by atoms with Gasteiger partial charge in [0.1, 0.15) is 0 Å². The maximum atomic E-state index is 13.0. The highest BCUT2D eigenvalue weighted by molar-refractivity contribution is 5.89. The number of carboxylic acid groups (broad SMARTS) is 1. The Labute approximate surface area is 179 Å². The molecule has 0 radical (unpaired) electrons. The smallest absolute Gasteiger partial charge is 0.336 e. The standard InChI is InChI=1S/C25H21NO5/c27-23-21-22(24(28)29)31-25(30-21,16-26(23)15-17-7-3-1-4-8-17)20-13-11-19(12-14-20)18-9-5-2-6-10-18/h1-14,21-22H,15-16H2,(H,28,29). The second-order valence-electron chi connectivity index (χ2n) is 7.79. The number of ether oxygens (including phenoxy) is 2. The number of carbonyl (C=O) groups is 2. The van der Waals surface area contributed by atoms with Gasteiger partial charge in [-0.15, -0.1) is 0 Å². The highest BCUT2D eigenvalue weighted by atomic mass is 16.8. The van der Waals surface area contributed by atoms with Crippen LogP contribution in [-0.4, -0.2) is 40.6 Å². The molecule has 1 N–H and O–H groups in total. The minimum absolute atomic E-state index is 0.117. The van der Waals surface area contributed by atoms with Gasteiger partial charge in [0.05, 0.1) is 6.54 Å². The minimum atomic E-state index is -1.35. The summed E-state index contributed by atoms with van der Waals surface area (Å²) < 4.78 is 11.9. The summed E-state index contributed by atoms with van der Waals surface area (Å²) in [6.45, 7) is 0.477. The van der Waals surface area contributed by atoms with Crippen LogP contribution in [0.25, 0.3) is 11.1 Å². The van der Waals surface area contributed by atoms with E-state index < -0.39 is 24.0 Å². The number of aliphatic carboxylic acids is 1. The molecule has 2 fully saturated rings. The fraction of sp³-hybridized carbons (Fsp3) is 0.200. The lowest BCUT2D eigenvalue weighted by Gasteiger charge is -2.38. The third-order valence-corrected chi connectivity index (χ3v) is 5.76. The van der Waals surface area contributed by atoms with Crippen molar-refractivity contribution in [3.63, 3.8) is 0 Å². The molecular weight excluding hydrogens is 394 g/mol. The van der Waals surface area contributed by atoms with Crippen molar-refractivity contribution in [1.82, 2.24) is 4.90 Å². The van der Waals surface area contributed by atoms with Crippen LogP contribution in [0.2, 0.25) is 0 Å². The van der Waals surface area contributed by atoms with E-state index in [-0.39, 0.29) is 12.5 Å². The molecule has 3 aromatic rings. The highest BCUT2D eigenvalue weighted by Crippen LogP contribution is 2.43. The van der Waals surface area contributed by atoms with Gasteiger partial charge in [0.25, 0.3) is 5.91 Å². The molecule has 0 aliphatic carbocycles. The van der Waals surface area contributed by atoms with Gasteiger partial charge in [0.2, 0.25) is 5.79 Å². The molecule has 2 aliphatic heterocycles. The number of carboxylic acids is 1. The van der Waals surface area contributed by atoms with Crippen LogP contribution in [-0.2, 0) is 31.4 Å². The van der Waals surface area contributed by atoms with Gasteiger partial charge in [0.15, 0.2) is 12.2 Å². The number of fused-ring (bicyclic) bond motifs is 2. The molecule has 2 aliphatic rings. The second-order valence-corrected chi connectivity index (χ2v) is 7.79. The fourth-order valence-corrected chi connectivity index (χ4v) is 4.22. The Hall–Kier alpha value is -3.48. The van der Waals surface area contributed by atoms with Gasteiger partial charge in [-0.25, -0.2) is 4.79 Å². The molecule has 2 bridgehead atoms. The van der Waals surface area contributed by atoms with E-state index >= 15 is 0 Å². The Kier molecular flexibility index (Phi) is 4.81. The fourth-order valence-electron chi connectivity index (χ4n) is 4.22. The van der Waals surface area contributed by atoms with E-state index in [0.29, 0.717) is 12.1 Å². The molecule has 3 aromatic carbocycles.